The van der Waals surface area contributed by atoms with Crippen molar-refractivity contribution in [1.29, 1.82) is 0 Å². The summed E-state index contributed by atoms with van der Waals surface area (Å²) >= 11 is 3.04. The van der Waals surface area contributed by atoms with Crippen molar-refractivity contribution in [1.82, 2.24) is 5.23 Å². The van der Waals surface area contributed by atoms with Crippen molar-refractivity contribution >= 4 is 15.9 Å². The van der Waals surface area contributed by atoms with E-state index in [1.165, 1.54) is 0 Å². The lowest BCUT2D eigenvalue weighted by molar-refractivity contribution is -0.131. The molecule has 1 saturated carbocycles. The fourth-order valence-electron chi connectivity index (χ4n) is 1.34. The molecule has 4 atom stereocenters. The first kappa shape index (κ1) is 10.3. The van der Waals surface area contributed by atoms with Crippen LogP contribution in [0.15, 0.2) is 0 Å². The molecule has 0 saturated heterocycles. The Morgan fingerprint density at radius 3 is 2.58 bits per heavy atom. The molecule has 4 unspecified atom stereocenters. The molecule has 0 aliphatic heterocycles. The van der Waals surface area contributed by atoms with Crippen molar-refractivity contribution < 1.29 is 14.7 Å². The average molecular weight is 243 g/mol. The number of halogens is 2. The molecule has 1 rings (SSSR count). The van der Waals surface area contributed by atoms with E-state index in [0.717, 1.165) is 0 Å². The summed E-state index contributed by atoms with van der Waals surface area (Å²) in [7, 11) is 0. The van der Waals surface area contributed by atoms with Gasteiger partial charge in [0.05, 0.1) is 12.1 Å². The number of hydrogen-bond acceptors (Lipinski definition) is 4. The second kappa shape index (κ2) is 3.97. The summed E-state index contributed by atoms with van der Waals surface area (Å²) in [6.45, 7) is 0. The summed E-state index contributed by atoms with van der Waals surface area (Å²) in [5, 5.41) is 27.9. The molecule has 0 heterocycles. The molecule has 12 heavy (non-hydrogen) atoms. The number of hydrogen-bond donors (Lipinski definition) is 2. The first-order valence-electron chi connectivity index (χ1n) is 3.64. The third-order valence-electron chi connectivity index (χ3n) is 2.03. The summed E-state index contributed by atoms with van der Waals surface area (Å²) in [5.74, 6) is 0. The van der Waals surface area contributed by atoms with Gasteiger partial charge in [0.2, 0.25) is 0 Å². The number of alkyl halides is 2. The normalized spacial score (nSPS) is 43.5. The molecule has 72 valence electrons. The van der Waals surface area contributed by atoms with Gasteiger partial charge in [0.1, 0.15) is 6.17 Å². The predicted molar refractivity (Wildman–Crippen MR) is 43.6 cm³/mol. The van der Waals surface area contributed by atoms with E-state index in [-0.39, 0.29) is 18.1 Å². The SMILES string of the molecule is [O-]N(O)C1CC(F)CC(Br)C1O. The maximum Gasteiger partial charge on any atom is 0.103 e. The van der Waals surface area contributed by atoms with E-state index in [9.17, 15) is 14.7 Å². The van der Waals surface area contributed by atoms with Gasteiger partial charge in [-0.2, -0.15) is 0 Å². The van der Waals surface area contributed by atoms with Gasteiger partial charge >= 0.3 is 0 Å². The van der Waals surface area contributed by atoms with E-state index in [1.807, 2.05) is 0 Å². The standard InChI is InChI=1S/C6H10BrFNO3/c7-4-1-3(8)2-5(6(4)10)9(11)12/h3-6,10-11H,1-2H2/q-1. The smallest absolute Gasteiger partial charge is 0.103 e. The highest BCUT2D eigenvalue weighted by Gasteiger charge is 2.36. The van der Waals surface area contributed by atoms with Gasteiger partial charge in [-0.1, -0.05) is 15.9 Å². The van der Waals surface area contributed by atoms with Gasteiger partial charge in [0, 0.05) is 4.83 Å². The fraction of sp³-hybridized carbons (Fsp3) is 1.00. The van der Waals surface area contributed by atoms with Gasteiger partial charge in [0.15, 0.2) is 0 Å². The van der Waals surface area contributed by atoms with Crippen molar-refractivity contribution in [3.8, 4) is 0 Å². The number of nitrogens with zero attached hydrogens (tertiary/aromatic N) is 1. The minimum absolute atomic E-state index is 0.122. The van der Waals surface area contributed by atoms with Crippen LogP contribution in [0.2, 0.25) is 0 Å². The molecule has 1 aliphatic carbocycles. The van der Waals surface area contributed by atoms with Crippen molar-refractivity contribution in [2.75, 3.05) is 0 Å². The molecule has 1 aliphatic rings. The monoisotopic (exact) mass is 242 g/mol. The molecule has 6 heteroatoms. The molecule has 0 bridgehead atoms. The van der Waals surface area contributed by atoms with E-state index in [0.29, 0.717) is 0 Å². The Bertz CT molecular complexity index is 160. The molecule has 0 amide bonds. The summed E-state index contributed by atoms with van der Waals surface area (Å²) in [4.78, 5) is -0.463. The maximum atomic E-state index is 12.8. The third-order valence-corrected chi connectivity index (χ3v) is 2.94. The van der Waals surface area contributed by atoms with Crippen LogP contribution in [0, 0.1) is 5.21 Å². The molecule has 0 aromatic heterocycles. The minimum Gasteiger partial charge on any atom is -0.762 e. The van der Waals surface area contributed by atoms with E-state index in [4.69, 9.17) is 5.21 Å². The zero-order chi connectivity index (χ0) is 9.30. The molecule has 4 nitrogen and oxygen atoms in total. The number of aliphatic hydroxyl groups excluding tert-OH is 1. The Labute approximate surface area is 77.6 Å². The third kappa shape index (κ3) is 2.14. The molecule has 0 spiro atoms. The van der Waals surface area contributed by atoms with Gasteiger partial charge in [-0.3, -0.25) is 5.23 Å². The van der Waals surface area contributed by atoms with E-state index in [2.05, 4.69) is 15.9 Å². The van der Waals surface area contributed by atoms with Gasteiger partial charge < -0.3 is 15.5 Å². The topological polar surface area (TPSA) is 66.8 Å². The molecular weight excluding hydrogens is 233 g/mol. The maximum absolute atomic E-state index is 12.8. The summed E-state index contributed by atoms with van der Waals surface area (Å²) in [5.41, 5.74) is 0. The van der Waals surface area contributed by atoms with Gasteiger partial charge in [-0.25, -0.2) is 4.39 Å². The summed E-state index contributed by atoms with van der Waals surface area (Å²) in [6, 6.07) is -1.06. The van der Waals surface area contributed by atoms with Crippen LogP contribution in [0.25, 0.3) is 0 Å². The van der Waals surface area contributed by atoms with Crippen molar-refractivity contribution in [2.24, 2.45) is 0 Å². The quantitative estimate of drug-likeness (QED) is 0.528. The van der Waals surface area contributed by atoms with Gasteiger partial charge in [-0.05, 0) is 12.8 Å². The molecule has 0 aromatic rings. The largest absolute Gasteiger partial charge is 0.762 e. The van der Waals surface area contributed by atoms with Crippen LogP contribution in [0.3, 0.4) is 0 Å². The van der Waals surface area contributed by atoms with Crippen LogP contribution >= 0.6 is 15.9 Å². The van der Waals surface area contributed by atoms with Crippen molar-refractivity contribution in [3.63, 3.8) is 0 Å². The highest BCUT2D eigenvalue weighted by Crippen LogP contribution is 2.29. The van der Waals surface area contributed by atoms with Crippen LogP contribution in [-0.4, -0.2) is 38.7 Å². The lowest BCUT2D eigenvalue weighted by Gasteiger charge is -2.40. The van der Waals surface area contributed by atoms with Gasteiger partial charge in [0.25, 0.3) is 0 Å². The Kier molecular flexibility index (Phi) is 3.42. The van der Waals surface area contributed by atoms with E-state index in [1.54, 1.807) is 0 Å². The van der Waals surface area contributed by atoms with E-state index < -0.39 is 23.1 Å². The fourth-order valence-corrected chi connectivity index (χ4v) is 2.10. The van der Waals surface area contributed by atoms with Crippen LogP contribution in [0.1, 0.15) is 12.8 Å². The van der Waals surface area contributed by atoms with E-state index >= 15 is 0 Å². The number of rotatable bonds is 1. The lowest BCUT2D eigenvalue weighted by atomic mass is 9.91. The minimum atomic E-state index is -1.15. The highest BCUT2D eigenvalue weighted by atomic mass is 79.9. The van der Waals surface area contributed by atoms with Crippen molar-refractivity contribution in [3.05, 3.63) is 5.21 Å². The Morgan fingerprint density at radius 1 is 1.50 bits per heavy atom. The zero-order valence-electron chi connectivity index (χ0n) is 6.23. The van der Waals surface area contributed by atoms with Crippen LogP contribution in [0.4, 0.5) is 4.39 Å². The van der Waals surface area contributed by atoms with Crippen LogP contribution in [-0.2, 0) is 0 Å². The first-order valence-corrected chi connectivity index (χ1v) is 4.55. The first-order chi connectivity index (χ1) is 5.52. The molecule has 0 radical (unpaired) electrons. The second-order valence-electron chi connectivity index (χ2n) is 2.95. The Morgan fingerprint density at radius 2 is 2.08 bits per heavy atom. The molecule has 2 N–H and O–H groups in total. The van der Waals surface area contributed by atoms with Crippen LogP contribution < -0.4 is 0 Å². The number of hydroxylamine groups is 2. The summed E-state index contributed by atoms with van der Waals surface area (Å²) < 4.78 is 12.8. The Hall–Kier alpha value is 0.250. The molecular formula is C6H10BrFNO3-. The second-order valence-corrected chi connectivity index (χ2v) is 4.12. The molecule has 0 aromatic carbocycles. The highest BCUT2D eigenvalue weighted by molar-refractivity contribution is 9.09. The average Bonchev–Trinajstić information content (AvgIpc) is 1.96. The predicted octanol–water partition coefficient (Wildman–Crippen LogP) is 0.800. The zero-order valence-corrected chi connectivity index (χ0v) is 7.82. The Balaban J connectivity index is 2.60. The van der Waals surface area contributed by atoms with Gasteiger partial charge in [-0.15, -0.1) is 0 Å². The number of aliphatic hydroxyl groups is 1. The molecule has 1 fully saturated rings. The lowest BCUT2D eigenvalue weighted by Crippen LogP contribution is -2.49. The van der Waals surface area contributed by atoms with Crippen LogP contribution in [0.5, 0.6) is 0 Å². The van der Waals surface area contributed by atoms with Crippen molar-refractivity contribution in [2.45, 2.75) is 36.0 Å². The summed E-state index contributed by atoms with van der Waals surface area (Å²) in [6.07, 6.45) is -2.11.